The lowest BCUT2D eigenvalue weighted by molar-refractivity contribution is -0.130. The van der Waals surface area contributed by atoms with Crippen LogP contribution in [0.4, 0.5) is 5.95 Å². The molecule has 0 saturated carbocycles. The average molecular weight is 446 g/mol. The quantitative estimate of drug-likeness (QED) is 0.520. The molecule has 0 spiro atoms. The van der Waals surface area contributed by atoms with Crippen LogP contribution in [0, 0.1) is 0 Å². The molecule has 1 aromatic rings. The number of aromatic nitrogens is 3. The van der Waals surface area contributed by atoms with Gasteiger partial charge in [0, 0.05) is 32.2 Å². The number of sulfone groups is 1. The summed E-state index contributed by atoms with van der Waals surface area (Å²) in [5, 5.41) is 9.36. The van der Waals surface area contributed by atoms with Crippen LogP contribution >= 0.6 is 11.8 Å². The van der Waals surface area contributed by atoms with Crippen LogP contribution in [0.2, 0.25) is 0 Å². The predicted molar refractivity (Wildman–Crippen MR) is 113 cm³/mol. The summed E-state index contributed by atoms with van der Waals surface area (Å²) in [6.07, 6.45) is 2.37. The van der Waals surface area contributed by atoms with Crippen molar-refractivity contribution >= 4 is 33.5 Å². The maximum absolute atomic E-state index is 13.0. The van der Waals surface area contributed by atoms with Crippen molar-refractivity contribution in [2.24, 2.45) is 0 Å². The van der Waals surface area contributed by atoms with Crippen molar-refractivity contribution in [2.45, 2.75) is 50.9 Å². The molecule has 2 aliphatic heterocycles. The van der Waals surface area contributed by atoms with E-state index in [0.29, 0.717) is 26.2 Å². The molecule has 0 aliphatic carbocycles. The zero-order valence-electron chi connectivity index (χ0n) is 17.2. The smallest absolute Gasteiger partial charge is 0.233 e. The number of amides is 1. The van der Waals surface area contributed by atoms with Crippen LogP contribution in [0.25, 0.3) is 0 Å². The first-order chi connectivity index (χ1) is 13.9. The Hall–Kier alpha value is -1.33. The van der Waals surface area contributed by atoms with E-state index in [9.17, 15) is 13.2 Å². The summed E-state index contributed by atoms with van der Waals surface area (Å²) in [4.78, 5) is 16.9. The number of nitrogens with zero attached hydrogens (tertiary/aromatic N) is 5. The van der Waals surface area contributed by atoms with Gasteiger partial charge in [0.05, 0.1) is 30.5 Å². The number of unbranched alkanes of at least 4 members (excludes halogenated alkanes) is 1. The molecule has 1 unspecified atom stereocenters. The number of morpholine rings is 1. The van der Waals surface area contributed by atoms with Crippen LogP contribution in [0.3, 0.4) is 0 Å². The van der Waals surface area contributed by atoms with Crippen LogP contribution in [0.15, 0.2) is 5.16 Å². The molecule has 1 aromatic heterocycles. The van der Waals surface area contributed by atoms with Gasteiger partial charge in [-0.05, 0) is 19.8 Å². The van der Waals surface area contributed by atoms with E-state index < -0.39 is 9.84 Å². The highest BCUT2D eigenvalue weighted by molar-refractivity contribution is 7.99. The third-order valence-electron chi connectivity index (χ3n) is 5.35. The molecule has 11 heteroatoms. The fraction of sp³-hybridized carbons (Fsp3) is 0.833. The Bertz CT molecular complexity index is 792. The molecule has 2 fully saturated rings. The maximum atomic E-state index is 13.0. The lowest BCUT2D eigenvalue weighted by atomic mass is 10.2. The zero-order chi connectivity index (χ0) is 20.9. The Kier molecular flexibility index (Phi) is 7.80. The Morgan fingerprint density at radius 3 is 2.66 bits per heavy atom. The summed E-state index contributed by atoms with van der Waals surface area (Å²) >= 11 is 1.38. The van der Waals surface area contributed by atoms with Crippen LogP contribution in [0.5, 0.6) is 0 Å². The second-order valence-electron chi connectivity index (χ2n) is 7.41. The first kappa shape index (κ1) is 22.4. The number of anilines is 1. The highest BCUT2D eigenvalue weighted by atomic mass is 32.2. The zero-order valence-corrected chi connectivity index (χ0v) is 18.9. The number of hydrogen-bond donors (Lipinski definition) is 0. The van der Waals surface area contributed by atoms with E-state index in [-0.39, 0.29) is 29.2 Å². The lowest BCUT2D eigenvalue weighted by Gasteiger charge is -2.28. The lowest BCUT2D eigenvalue weighted by Crippen LogP contribution is -2.42. The molecule has 3 heterocycles. The van der Waals surface area contributed by atoms with Gasteiger partial charge in [0.25, 0.3) is 0 Å². The van der Waals surface area contributed by atoms with Crippen LogP contribution in [-0.2, 0) is 25.9 Å². The summed E-state index contributed by atoms with van der Waals surface area (Å²) < 4.78 is 31.2. The molecule has 9 nitrogen and oxygen atoms in total. The van der Waals surface area contributed by atoms with Crippen molar-refractivity contribution in [3.05, 3.63) is 0 Å². The first-order valence-corrected chi connectivity index (χ1v) is 13.1. The molecule has 29 heavy (non-hydrogen) atoms. The molecule has 0 bridgehead atoms. The van der Waals surface area contributed by atoms with E-state index in [2.05, 4.69) is 22.0 Å². The summed E-state index contributed by atoms with van der Waals surface area (Å²) in [6.45, 7) is 8.34. The minimum absolute atomic E-state index is 0.0240. The van der Waals surface area contributed by atoms with Gasteiger partial charge in [-0.15, -0.1) is 10.2 Å². The fourth-order valence-corrected chi connectivity index (χ4v) is 6.35. The Morgan fingerprint density at radius 1 is 1.28 bits per heavy atom. The van der Waals surface area contributed by atoms with E-state index >= 15 is 0 Å². The predicted octanol–water partition coefficient (Wildman–Crippen LogP) is 1.04. The molecule has 0 N–H and O–H groups in total. The summed E-state index contributed by atoms with van der Waals surface area (Å²) in [5.41, 5.74) is 0. The van der Waals surface area contributed by atoms with Gasteiger partial charge in [0.2, 0.25) is 11.9 Å². The van der Waals surface area contributed by atoms with E-state index in [1.165, 1.54) is 11.8 Å². The third-order valence-corrected chi connectivity index (χ3v) is 8.06. The highest BCUT2D eigenvalue weighted by Crippen LogP contribution is 2.25. The van der Waals surface area contributed by atoms with Gasteiger partial charge in [-0.2, -0.15) is 0 Å². The maximum Gasteiger partial charge on any atom is 0.233 e. The summed E-state index contributed by atoms with van der Waals surface area (Å²) in [6, 6.07) is -0.201. The second kappa shape index (κ2) is 10.1. The topological polar surface area (TPSA) is 97.6 Å². The van der Waals surface area contributed by atoms with Crippen LogP contribution in [0.1, 0.15) is 33.1 Å². The van der Waals surface area contributed by atoms with Gasteiger partial charge in [-0.25, -0.2) is 8.42 Å². The standard InChI is InChI=1S/C18H31N5O4S2/c1-3-5-7-23(15-6-12-29(25,26)14-15)16(24)13-28-18-20-19-17(22(18)4-2)21-8-10-27-11-9-21/h15H,3-14H2,1-2H3. The van der Waals surface area contributed by atoms with E-state index in [0.717, 1.165) is 43.6 Å². The summed E-state index contributed by atoms with van der Waals surface area (Å²) in [7, 11) is -3.03. The normalized spacial score (nSPS) is 21.4. The summed E-state index contributed by atoms with van der Waals surface area (Å²) in [5.74, 6) is 1.29. The molecule has 2 aliphatic rings. The van der Waals surface area contributed by atoms with Crippen LogP contribution in [-0.4, -0.2) is 90.1 Å². The van der Waals surface area contributed by atoms with Gasteiger partial charge in [0.15, 0.2) is 15.0 Å². The van der Waals surface area contributed by atoms with E-state index in [1.807, 2.05) is 11.5 Å². The van der Waals surface area contributed by atoms with E-state index in [1.54, 1.807) is 4.90 Å². The molecule has 0 aromatic carbocycles. The van der Waals surface area contributed by atoms with Gasteiger partial charge >= 0.3 is 0 Å². The third kappa shape index (κ3) is 5.64. The van der Waals surface area contributed by atoms with Gasteiger partial charge < -0.3 is 14.5 Å². The van der Waals surface area contributed by atoms with Gasteiger partial charge in [0.1, 0.15) is 0 Å². The number of thioether (sulfide) groups is 1. The largest absolute Gasteiger partial charge is 0.378 e. The second-order valence-corrected chi connectivity index (χ2v) is 10.6. The fourth-order valence-electron chi connectivity index (χ4n) is 3.73. The number of rotatable bonds is 9. The number of hydrogen-bond acceptors (Lipinski definition) is 8. The first-order valence-electron chi connectivity index (χ1n) is 10.3. The monoisotopic (exact) mass is 445 g/mol. The Balaban J connectivity index is 1.65. The average Bonchev–Trinajstić information content (AvgIpc) is 3.29. The molecular formula is C18H31N5O4S2. The van der Waals surface area contributed by atoms with E-state index in [4.69, 9.17) is 4.74 Å². The molecule has 164 valence electrons. The number of ether oxygens (including phenoxy) is 1. The van der Waals surface area contributed by atoms with Gasteiger partial charge in [-0.3, -0.25) is 9.36 Å². The minimum Gasteiger partial charge on any atom is -0.378 e. The molecule has 2 saturated heterocycles. The molecule has 3 rings (SSSR count). The molecular weight excluding hydrogens is 414 g/mol. The van der Waals surface area contributed by atoms with Crippen molar-refractivity contribution < 1.29 is 17.9 Å². The van der Waals surface area contributed by atoms with Crippen LogP contribution < -0.4 is 4.90 Å². The molecule has 0 radical (unpaired) electrons. The minimum atomic E-state index is -3.03. The van der Waals surface area contributed by atoms with Crippen molar-refractivity contribution in [3.63, 3.8) is 0 Å². The van der Waals surface area contributed by atoms with Crippen molar-refractivity contribution in [3.8, 4) is 0 Å². The highest BCUT2D eigenvalue weighted by Gasteiger charge is 2.34. The Labute approximate surface area is 177 Å². The van der Waals surface area contributed by atoms with Crippen molar-refractivity contribution in [1.29, 1.82) is 0 Å². The Morgan fingerprint density at radius 2 is 2.03 bits per heavy atom. The van der Waals surface area contributed by atoms with Crippen molar-refractivity contribution in [2.75, 3.05) is 55.0 Å². The van der Waals surface area contributed by atoms with Crippen molar-refractivity contribution in [1.82, 2.24) is 19.7 Å². The molecule has 1 atom stereocenters. The number of carbonyl (C=O) groups is 1. The molecule has 1 amide bonds. The van der Waals surface area contributed by atoms with Gasteiger partial charge in [-0.1, -0.05) is 25.1 Å². The number of carbonyl (C=O) groups excluding carboxylic acids is 1. The SMILES string of the molecule is CCCCN(C(=O)CSc1nnc(N2CCOCC2)n1CC)C1CCS(=O)(=O)C1.